The van der Waals surface area contributed by atoms with Crippen LogP contribution in [0.1, 0.15) is 12.8 Å². The second kappa shape index (κ2) is 6.17. The van der Waals surface area contributed by atoms with E-state index in [4.69, 9.17) is 0 Å². The van der Waals surface area contributed by atoms with Gasteiger partial charge in [0.2, 0.25) is 15.9 Å². The highest BCUT2D eigenvalue weighted by Gasteiger charge is 2.42. The third-order valence-electron chi connectivity index (χ3n) is 3.96. The minimum absolute atomic E-state index is 0.0237. The fourth-order valence-corrected chi connectivity index (χ4v) is 5.88. The highest BCUT2D eigenvalue weighted by Crippen LogP contribution is 2.30. The molecule has 0 unspecified atom stereocenters. The van der Waals surface area contributed by atoms with Crippen molar-refractivity contribution >= 4 is 27.7 Å². The monoisotopic (exact) mass is 344 g/mol. The van der Waals surface area contributed by atoms with Crippen molar-refractivity contribution in [2.45, 2.75) is 23.8 Å². The normalized spacial score (nSPS) is 23.1. The molecule has 2 aliphatic rings. The van der Waals surface area contributed by atoms with Crippen molar-refractivity contribution in [1.82, 2.24) is 9.21 Å². The molecule has 1 aromatic carbocycles. The molecule has 5 nitrogen and oxygen atoms in total. The number of hydrogen-bond acceptors (Lipinski definition) is 4. The van der Waals surface area contributed by atoms with Crippen LogP contribution < -0.4 is 0 Å². The lowest BCUT2D eigenvalue weighted by Gasteiger charge is -2.26. The highest BCUT2D eigenvalue weighted by atomic mass is 32.2. The average Bonchev–Trinajstić information content (AvgIpc) is 3.19. The van der Waals surface area contributed by atoms with E-state index in [0.717, 1.165) is 25.0 Å². The van der Waals surface area contributed by atoms with Gasteiger partial charge < -0.3 is 4.90 Å². The topological polar surface area (TPSA) is 57.7 Å². The number of hydrogen-bond donors (Lipinski definition) is 0. The van der Waals surface area contributed by atoms with E-state index < -0.39 is 21.9 Å². The van der Waals surface area contributed by atoms with E-state index in [-0.39, 0.29) is 16.7 Å². The molecule has 0 spiro atoms. The number of likely N-dealkylation sites (tertiary alicyclic amines) is 1. The molecular formula is C14H17FN2O3S2. The maximum Gasteiger partial charge on any atom is 0.244 e. The first-order valence-electron chi connectivity index (χ1n) is 7.14. The smallest absolute Gasteiger partial charge is 0.244 e. The Hall–Kier alpha value is -1.12. The van der Waals surface area contributed by atoms with Gasteiger partial charge in [-0.25, -0.2) is 12.8 Å². The molecule has 0 aliphatic carbocycles. The zero-order valence-electron chi connectivity index (χ0n) is 11.9. The number of carbonyl (C=O) groups is 1. The van der Waals surface area contributed by atoms with Crippen LogP contribution in [0.2, 0.25) is 0 Å². The van der Waals surface area contributed by atoms with Crippen LogP contribution in [-0.4, -0.2) is 54.3 Å². The van der Waals surface area contributed by atoms with E-state index in [1.807, 2.05) is 0 Å². The van der Waals surface area contributed by atoms with Gasteiger partial charge in [0, 0.05) is 18.8 Å². The molecule has 8 heteroatoms. The minimum Gasteiger partial charge on any atom is -0.341 e. The summed E-state index contributed by atoms with van der Waals surface area (Å²) in [5, 5.41) is 0. The van der Waals surface area contributed by atoms with Gasteiger partial charge in [-0.05, 0) is 37.1 Å². The number of nitrogens with zero attached hydrogens (tertiary/aromatic N) is 2. The van der Waals surface area contributed by atoms with E-state index in [1.165, 1.54) is 28.2 Å². The van der Waals surface area contributed by atoms with Gasteiger partial charge in [-0.1, -0.05) is 0 Å². The first-order chi connectivity index (χ1) is 10.5. The van der Waals surface area contributed by atoms with Gasteiger partial charge in [0.05, 0.1) is 10.8 Å². The van der Waals surface area contributed by atoms with Crippen LogP contribution >= 0.6 is 11.8 Å². The summed E-state index contributed by atoms with van der Waals surface area (Å²) in [5.74, 6) is 0.118. The van der Waals surface area contributed by atoms with Crippen LogP contribution in [0.25, 0.3) is 0 Å². The molecule has 0 saturated carbocycles. The molecule has 0 aromatic heterocycles. The van der Waals surface area contributed by atoms with Gasteiger partial charge >= 0.3 is 0 Å². The minimum atomic E-state index is -3.78. The summed E-state index contributed by atoms with van der Waals surface area (Å²) in [5.41, 5.74) is 0. The van der Waals surface area contributed by atoms with Crippen molar-refractivity contribution in [2.75, 3.05) is 24.7 Å². The fourth-order valence-electron chi connectivity index (χ4n) is 2.75. The summed E-state index contributed by atoms with van der Waals surface area (Å²) in [6.45, 7) is 1.40. The van der Waals surface area contributed by atoms with E-state index >= 15 is 0 Å². The zero-order valence-corrected chi connectivity index (χ0v) is 13.6. The standard InChI is InChI=1S/C14H17FN2O3S2/c15-11-3-5-12(6-4-11)22(19,20)17-10-21-9-13(17)14(18)16-7-1-2-8-16/h3-6,13H,1-2,7-10H2/t13-/m1/s1. The highest BCUT2D eigenvalue weighted by molar-refractivity contribution is 8.00. The van der Waals surface area contributed by atoms with E-state index in [9.17, 15) is 17.6 Å². The summed E-state index contributed by atoms with van der Waals surface area (Å²) in [7, 11) is -3.78. The molecule has 2 saturated heterocycles. The van der Waals surface area contributed by atoms with Crippen LogP contribution in [0.3, 0.4) is 0 Å². The predicted octanol–water partition coefficient (Wildman–Crippen LogP) is 1.51. The molecule has 0 bridgehead atoms. The number of rotatable bonds is 3. The molecule has 1 amide bonds. The lowest BCUT2D eigenvalue weighted by atomic mass is 10.3. The summed E-state index contributed by atoms with van der Waals surface area (Å²) in [6, 6.07) is 4.06. The second-order valence-electron chi connectivity index (χ2n) is 5.39. The van der Waals surface area contributed by atoms with E-state index in [1.54, 1.807) is 4.90 Å². The molecule has 0 N–H and O–H groups in total. The molecule has 22 heavy (non-hydrogen) atoms. The fraction of sp³-hybridized carbons (Fsp3) is 0.500. The maximum atomic E-state index is 13.0. The van der Waals surface area contributed by atoms with Crippen molar-refractivity contribution in [3.05, 3.63) is 30.1 Å². The Balaban J connectivity index is 1.85. The number of carbonyl (C=O) groups excluding carboxylic acids is 1. The molecular weight excluding hydrogens is 327 g/mol. The van der Waals surface area contributed by atoms with E-state index in [0.29, 0.717) is 18.8 Å². The third kappa shape index (κ3) is 2.87. The number of benzene rings is 1. The molecule has 0 radical (unpaired) electrons. The Morgan fingerprint density at radius 1 is 1.18 bits per heavy atom. The molecule has 2 fully saturated rings. The van der Waals surface area contributed by atoms with Gasteiger partial charge in [0.25, 0.3) is 0 Å². The zero-order chi connectivity index (χ0) is 15.7. The molecule has 3 rings (SSSR count). The van der Waals surface area contributed by atoms with Crippen molar-refractivity contribution < 1.29 is 17.6 Å². The first kappa shape index (κ1) is 15.8. The Labute approximate surface area is 133 Å². The van der Waals surface area contributed by atoms with Crippen molar-refractivity contribution in [3.63, 3.8) is 0 Å². The summed E-state index contributed by atoms with van der Waals surface area (Å²) in [6.07, 6.45) is 1.94. The third-order valence-corrected chi connectivity index (χ3v) is 7.01. The SMILES string of the molecule is O=C([C@H]1CSCN1S(=O)(=O)c1ccc(F)cc1)N1CCCC1. The summed E-state index contributed by atoms with van der Waals surface area (Å²) in [4.78, 5) is 14.3. The second-order valence-corrected chi connectivity index (χ2v) is 8.28. The largest absolute Gasteiger partial charge is 0.341 e. The molecule has 2 heterocycles. The first-order valence-corrected chi connectivity index (χ1v) is 9.73. The lowest BCUT2D eigenvalue weighted by molar-refractivity contribution is -0.133. The molecule has 1 aromatic rings. The number of halogens is 1. The van der Waals surface area contributed by atoms with Gasteiger partial charge in [-0.2, -0.15) is 4.31 Å². The van der Waals surface area contributed by atoms with Gasteiger partial charge in [0.1, 0.15) is 11.9 Å². The van der Waals surface area contributed by atoms with Crippen LogP contribution in [0.15, 0.2) is 29.2 Å². The Bertz CT molecular complexity index is 657. The van der Waals surface area contributed by atoms with Crippen LogP contribution in [0.5, 0.6) is 0 Å². The summed E-state index contributed by atoms with van der Waals surface area (Å²) >= 11 is 1.43. The lowest BCUT2D eigenvalue weighted by Crippen LogP contribution is -2.48. The maximum absolute atomic E-state index is 13.0. The number of amides is 1. The predicted molar refractivity (Wildman–Crippen MR) is 82.4 cm³/mol. The average molecular weight is 344 g/mol. The van der Waals surface area contributed by atoms with Crippen molar-refractivity contribution in [2.24, 2.45) is 0 Å². The van der Waals surface area contributed by atoms with Gasteiger partial charge in [-0.15, -0.1) is 11.8 Å². The summed E-state index contributed by atoms with van der Waals surface area (Å²) < 4.78 is 39.6. The molecule has 120 valence electrons. The van der Waals surface area contributed by atoms with Gasteiger partial charge in [0.15, 0.2) is 0 Å². The molecule has 2 aliphatic heterocycles. The van der Waals surface area contributed by atoms with Crippen molar-refractivity contribution in [3.8, 4) is 0 Å². The Morgan fingerprint density at radius 3 is 2.45 bits per heavy atom. The van der Waals surface area contributed by atoms with E-state index in [2.05, 4.69) is 0 Å². The quantitative estimate of drug-likeness (QED) is 0.834. The van der Waals surface area contributed by atoms with Gasteiger partial charge in [-0.3, -0.25) is 4.79 Å². The van der Waals surface area contributed by atoms with Crippen LogP contribution in [0.4, 0.5) is 4.39 Å². The molecule has 1 atom stereocenters. The number of thioether (sulfide) groups is 1. The Kier molecular flexibility index (Phi) is 4.42. The van der Waals surface area contributed by atoms with Crippen LogP contribution in [-0.2, 0) is 14.8 Å². The van der Waals surface area contributed by atoms with Crippen LogP contribution in [0, 0.1) is 5.82 Å². The Morgan fingerprint density at radius 2 is 1.82 bits per heavy atom. The van der Waals surface area contributed by atoms with Crippen molar-refractivity contribution in [1.29, 1.82) is 0 Å². The number of sulfonamides is 1.